The molecule has 0 bridgehead atoms. The predicted molar refractivity (Wildman–Crippen MR) is 79.7 cm³/mol. The summed E-state index contributed by atoms with van der Waals surface area (Å²) in [5.41, 5.74) is -0.0205. The Kier molecular flexibility index (Phi) is 5.15. The van der Waals surface area contributed by atoms with E-state index in [1.807, 2.05) is 4.57 Å². The SMILES string of the molecule is CC(C)n1cnnc1SCCOc1ccccc1[N+](=O)[O-]. The zero-order valence-electron chi connectivity index (χ0n) is 11.8. The lowest BCUT2D eigenvalue weighted by Crippen LogP contribution is -2.05. The van der Waals surface area contributed by atoms with Crippen molar-refractivity contribution in [3.63, 3.8) is 0 Å². The van der Waals surface area contributed by atoms with Crippen molar-refractivity contribution < 1.29 is 9.66 Å². The van der Waals surface area contributed by atoms with Crippen LogP contribution in [0.4, 0.5) is 5.69 Å². The van der Waals surface area contributed by atoms with Crippen molar-refractivity contribution >= 4 is 17.4 Å². The lowest BCUT2D eigenvalue weighted by atomic mass is 10.3. The van der Waals surface area contributed by atoms with E-state index in [9.17, 15) is 10.1 Å². The first-order chi connectivity index (χ1) is 10.1. The third-order valence-corrected chi connectivity index (χ3v) is 3.65. The lowest BCUT2D eigenvalue weighted by Gasteiger charge is -2.09. The van der Waals surface area contributed by atoms with Gasteiger partial charge in [-0.2, -0.15) is 0 Å². The fourth-order valence-electron chi connectivity index (χ4n) is 1.70. The molecule has 0 aliphatic carbocycles. The number of nitrogens with zero attached hydrogens (tertiary/aromatic N) is 4. The number of hydrogen-bond donors (Lipinski definition) is 0. The van der Waals surface area contributed by atoms with Crippen LogP contribution in [0.25, 0.3) is 0 Å². The van der Waals surface area contributed by atoms with Gasteiger partial charge in [-0.25, -0.2) is 0 Å². The van der Waals surface area contributed by atoms with Crippen LogP contribution in [0.15, 0.2) is 35.7 Å². The molecule has 0 aliphatic heterocycles. The van der Waals surface area contributed by atoms with Crippen molar-refractivity contribution in [3.05, 3.63) is 40.7 Å². The van der Waals surface area contributed by atoms with Crippen LogP contribution in [-0.2, 0) is 0 Å². The van der Waals surface area contributed by atoms with Crippen molar-refractivity contribution in [3.8, 4) is 5.75 Å². The molecular formula is C13H16N4O3S. The normalized spacial score (nSPS) is 10.8. The number of para-hydroxylation sites is 2. The molecule has 7 nitrogen and oxygen atoms in total. The number of ether oxygens (including phenoxy) is 1. The molecule has 2 rings (SSSR count). The Morgan fingerprint density at radius 3 is 2.90 bits per heavy atom. The van der Waals surface area contributed by atoms with Crippen molar-refractivity contribution in [1.82, 2.24) is 14.8 Å². The average Bonchev–Trinajstić information content (AvgIpc) is 2.92. The van der Waals surface area contributed by atoms with Crippen LogP contribution in [0, 0.1) is 10.1 Å². The fraction of sp³-hybridized carbons (Fsp3) is 0.385. The van der Waals surface area contributed by atoms with Crippen LogP contribution in [0.2, 0.25) is 0 Å². The van der Waals surface area contributed by atoms with Gasteiger partial charge < -0.3 is 9.30 Å². The number of nitro groups is 1. The van der Waals surface area contributed by atoms with E-state index in [4.69, 9.17) is 4.74 Å². The number of hydrogen-bond acceptors (Lipinski definition) is 6. The smallest absolute Gasteiger partial charge is 0.310 e. The summed E-state index contributed by atoms with van der Waals surface area (Å²) in [7, 11) is 0. The highest BCUT2D eigenvalue weighted by atomic mass is 32.2. The van der Waals surface area contributed by atoms with E-state index < -0.39 is 4.92 Å². The largest absolute Gasteiger partial charge is 0.486 e. The van der Waals surface area contributed by atoms with Gasteiger partial charge in [-0.15, -0.1) is 10.2 Å². The van der Waals surface area contributed by atoms with E-state index in [1.165, 1.54) is 17.8 Å². The maximum Gasteiger partial charge on any atom is 0.310 e. The van der Waals surface area contributed by atoms with Crippen molar-refractivity contribution in [1.29, 1.82) is 0 Å². The number of nitro benzene ring substituents is 1. The van der Waals surface area contributed by atoms with Crippen LogP contribution in [-0.4, -0.2) is 32.0 Å². The fourth-order valence-corrected chi connectivity index (χ4v) is 2.57. The van der Waals surface area contributed by atoms with E-state index >= 15 is 0 Å². The van der Waals surface area contributed by atoms with Crippen LogP contribution < -0.4 is 4.74 Å². The van der Waals surface area contributed by atoms with Gasteiger partial charge in [0.2, 0.25) is 0 Å². The highest BCUT2D eigenvalue weighted by Gasteiger charge is 2.13. The van der Waals surface area contributed by atoms with Gasteiger partial charge in [0.25, 0.3) is 0 Å². The third-order valence-electron chi connectivity index (χ3n) is 2.73. The highest BCUT2D eigenvalue weighted by Crippen LogP contribution is 2.26. The minimum Gasteiger partial charge on any atom is -0.486 e. The summed E-state index contributed by atoms with van der Waals surface area (Å²) in [4.78, 5) is 10.4. The maximum absolute atomic E-state index is 10.9. The lowest BCUT2D eigenvalue weighted by molar-refractivity contribution is -0.385. The molecule has 1 aromatic carbocycles. The van der Waals surface area contributed by atoms with E-state index in [0.29, 0.717) is 18.4 Å². The number of benzene rings is 1. The molecule has 21 heavy (non-hydrogen) atoms. The summed E-state index contributed by atoms with van der Waals surface area (Å²) in [6.07, 6.45) is 1.69. The van der Waals surface area contributed by atoms with Gasteiger partial charge in [0.15, 0.2) is 10.9 Å². The topological polar surface area (TPSA) is 83.1 Å². The molecule has 2 aromatic rings. The van der Waals surface area contributed by atoms with Crippen molar-refractivity contribution in [2.75, 3.05) is 12.4 Å². The van der Waals surface area contributed by atoms with Crippen LogP contribution in [0.3, 0.4) is 0 Å². The van der Waals surface area contributed by atoms with Crippen LogP contribution >= 0.6 is 11.8 Å². The Balaban J connectivity index is 1.88. The van der Waals surface area contributed by atoms with Crippen molar-refractivity contribution in [2.24, 2.45) is 0 Å². The van der Waals surface area contributed by atoms with Gasteiger partial charge in [-0.05, 0) is 19.9 Å². The van der Waals surface area contributed by atoms with Gasteiger partial charge in [0, 0.05) is 17.9 Å². The second-order valence-electron chi connectivity index (χ2n) is 4.54. The molecule has 0 saturated heterocycles. The molecule has 8 heteroatoms. The van der Waals surface area contributed by atoms with Gasteiger partial charge in [0.1, 0.15) is 6.33 Å². The number of thioether (sulfide) groups is 1. The molecule has 0 saturated carbocycles. The predicted octanol–water partition coefficient (Wildman–Crippen LogP) is 2.94. The minimum absolute atomic E-state index is 0.0205. The second kappa shape index (κ2) is 7.07. The van der Waals surface area contributed by atoms with Crippen molar-refractivity contribution in [2.45, 2.75) is 25.0 Å². The number of aromatic nitrogens is 3. The summed E-state index contributed by atoms with van der Waals surface area (Å²) in [5, 5.41) is 19.6. The Labute approximate surface area is 126 Å². The molecule has 0 amide bonds. The van der Waals surface area contributed by atoms with E-state index in [0.717, 1.165) is 5.16 Å². The Morgan fingerprint density at radius 1 is 1.43 bits per heavy atom. The summed E-state index contributed by atoms with van der Waals surface area (Å²) >= 11 is 1.51. The van der Waals surface area contributed by atoms with Gasteiger partial charge in [-0.1, -0.05) is 23.9 Å². The minimum atomic E-state index is -0.447. The summed E-state index contributed by atoms with van der Waals surface area (Å²) in [5.74, 6) is 0.922. The third kappa shape index (κ3) is 3.94. The Bertz CT molecular complexity index is 615. The molecule has 112 valence electrons. The standard InChI is InChI=1S/C13H16N4O3S/c1-10(2)16-9-14-15-13(16)21-8-7-20-12-6-4-3-5-11(12)17(18)19/h3-6,9-10H,7-8H2,1-2H3. The van der Waals surface area contributed by atoms with Crippen LogP contribution in [0.1, 0.15) is 19.9 Å². The maximum atomic E-state index is 10.9. The molecule has 1 aromatic heterocycles. The first kappa shape index (κ1) is 15.3. The summed E-state index contributed by atoms with van der Waals surface area (Å²) in [6.45, 7) is 4.47. The molecule has 0 aliphatic rings. The summed E-state index contributed by atoms with van der Waals surface area (Å²) in [6, 6.07) is 6.64. The van der Waals surface area contributed by atoms with Crippen LogP contribution in [0.5, 0.6) is 5.75 Å². The molecule has 0 unspecified atom stereocenters. The molecule has 0 radical (unpaired) electrons. The zero-order valence-corrected chi connectivity index (χ0v) is 12.6. The van der Waals surface area contributed by atoms with E-state index in [2.05, 4.69) is 24.0 Å². The van der Waals surface area contributed by atoms with Gasteiger partial charge in [0.05, 0.1) is 11.5 Å². The first-order valence-corrected chi connectivity index (χ1v) is 7.46. The van der Waals surface area contributed by atoms with Gasteiger partial charge in [-0.3, -0.25) is 10.1 Å². The van der Waals surface area contributed by atoms with E-state index in [1.54, 1.807) is 24.5 Å². The first-order valence-electron chi connectivity index (χ1n) is 6.48. The number of rotatable bonds is 7. The molecule has 0 N–H and O–H groups in total. The molecule has 0 atom stereocenters. The molecule has 0 spiro atoms. The molecule has 1 heterocycles. The molecular weight excluding hydrogens is 292 g/mol. The monoisotopic (exact) mass is 308 g/mol. The second-order valence-corrected chi connectivity index (χ2v) is 5.60. The quantitative estimate of drug-likeness (QED) is 0.338. The highest BCUT2D eigenvalue weighted by molar-refractivity contribution is 7.99. The zero-order chi connectivity index (χ0) is 15.2. The average molecular weight is 308 g/mol. The van der Waals surface area contributed by atoms with E-state index in [-0.39, 0.29) is 11.4 Å². The Morgan fingerprint density at radius 2 is 2.19 bits per heavy atom. The molecule has 0 fully saturated rings. The summed E-state index contributed by atoms with van der Waals surface area (Å²) < 4.78 is 7.45. The van der Waals surface area contributed by atoms with Gasteiger partial charge >= 0.3 is 5.69 Å². The Hall–Kier alpha value is -2.09.